The molecule has 0 radical (unpaired) electrons. The number of nitro benzene ring substituents is 1. The lowest BCUT2D eigenvalue weighted by Crippen LogP contribution is -2.15. The first-order valence-corrected chi connectivity index (χ1v) is 6.82. The largest absolute Gasteiger partial charge is 0.495 e. The number of nitrogens with one attached hydrogen (secondary N) is 1. The molecule has 1 amide bonds. The number of hydrogen-bond donors (Lipinski definition) is 2. The van der Waals surface area contributed by atoms with Crippen LogP contribution in [0.25, 0.3) is 0 Å². The molecule has 0 bridgehead atoms. The number of carbonyl (C=O) groups excluding carboxylic acids is 1. The van der Waals surface area contributed by atoms with E-state index in [9.17, 15) is 19.7 Å². The molecule has 2 aromatic rings. The molecule has 0 spiro atoms. The smallest absolute Gasteiger partial charge is 0.335 e. The standard InChI is InChI=1S/C16H14N2O6/c1-9-11(4-3-5-13(9)18(22)23)15(19)17-12-8-10(16(20)21)6-7-14(12)24-2/h3-8H,1-2H3,(H,17,19)(H,20,21). The van der Waals surface area contributed by atoms with Gasteiger partial charge in [0, 0.05) is 17.2 Å². The summed E-state index contributed by atoms with van der Waals surface area (Å²) in [4.78, 5) is 33.9. The third kappa shape index (κ3) is 3.32. The highest BCUT2D eigenvalue weighted by molar-refractivity contribution is 6.07. The van der Waals surface area contributed by atoms with Crippen LogP contribution < -0.4 is 10.1 Å². The average Bonchev–Trinajstić information content (AvgIpc) is 2.54. The fraction of sp³-hybridized carbons (Fsp3) is 0.125. The van der Waals surface area contributed by atoms with Crippen molar-refractivity contribution in [3.8, 4) is 5.75 Å². The van der Waals surface area contributed by atoms with Crippen LogP contribution in [0.2, 0.25) is 0 Å². The topological polar surface area (TPSA) is 119 Å². The van der Waals surface area contributed by atoms with Crippen LogP contribution in [-0.4, -0.2) is 29.0 Å². The Morgan fingerprint density at radius 1 is 1.25 bits per heavy atom. The monoisotopic (exact) mass is 330 g/mol. The van der Waals surface area contributed by atoms with Crippen LogP contribution in [0.5, 0.6) is 5.75 Å². The van der Waals surface area contributed by atoms with Crippen LogP contribution in [0.15, 0.2) is 36.4 Å². The Labute approximate surface area is 136 Å². The van der Waals surface area contributed by atoms with Crippen molar-refractivity contribution in [2.75, 3.05) is 12.4 Å². The van der Waals surface area contributed by atoms with Crippen molar-refractivity contribution in [1.82, 2.24) is 0 Å². The summed E-state index contributed by atoms with van der Waals surface area (Å²) in [5.41, 5.74) is 0.296. The predicted octanol–water partition coefficient (Wildman–Crippen LogP) is 2.86. The molecule has 0 heterocycles. The number of aromatic carboxylic acids is 1. The van der Waals surface area contributed by atoms with Crippen LogP contribution in [0.3, 0.4) is 0 Å². The number of amides is 1. The first-order valence-electron chi connectivity index (χ1n) is 6.82. The number of hydrogen-bond acceptors (Lipinski definition) is 5. The Bertz CT molecular complexity index is 831. The number of nitrogens with zero attached hydrogens (tertiary/aromatic N) is 1. The molecule has 0 aliphatic rings. The van der Waals surface area contributed by atoms with E-state index in [0.29, 0.717) is 0 Å². The van der Waals surface area contributed by atoms with Crippen LogP contribution in [0, 0.1) is 17.0 Å². The number of ether oxygens (including phenoxy) is 1. The van der Waals surface area contributed by atoms with E-state index in [2.05, 4.69) is 5.32 Å². The van der Waals surface area contributed by atoms with Gasteiger partial charge in [0.2, 0.25) is 0 Å². The zero-order valence-electron chi connectivity index (χ0n) is 12.9. The molecular weight excluding hydrogens is 316 g/mol. The summed E-state index contributed by atoms with van der Waals surface area (Å²) in [5, 5.41) is 22.5. The Balaban J connectivity index is 2.40. The van der Waals surface area contributed by atoms with Crippen LogP contribution in [-0.2, 0) is 0 Å². The molecule has 0 aromatic heterocycles. The fourth-order valence-corrected chi connectivity index (χ4v) is 2.20. The molecule has 2 aromatic carbocycles. The zero-order valence-corrected chi connectivity index (χ0v) is 12.9. The molecule has 0 aliphatic carbocycles. The first kappa shape index (κ1) is 16.9. The van der Waals surface area contributed by atoms with Crippen molar-refractivity contribution >= 4 is 23.3 Å². The van der Waals surface area contributed by atoms with E-state index in [-0.39, 0.29) is 33.8 Å². The summed E-state index contributed by atoms with van der Waals surface area (Å²) in [6.07, 6.45) is 0. The average molecular weight is 330 g/mol. The van der Waals surface area contributed by atoms with E-state index in [0.717, 1.165) is 0 Å². The van der Waals surface area contributed by atoms with Crippen LogP contribution in [0.1, 0.15) is 26.3 Å². The number of anilines is 1. The highest BCUT2D eigenvalue weighted by Gasteiger charge is 2.19. The van der Waals surface area contributed by atoms with Gasteiger partial charge in [0.05, 0.1) is 23.3 Å². The van der Waals surface area contributed by atoms with E-state index in [1.165, 1.54) is 50.4 Å². The summed E-state index contributed by atoms with van der Waals surface area (Å²) in [6, 6.07) is 8.18. The van der Waals surface area contributed by atoms with Gasteiger partial charge in [-0.3, -0.25) is 14.9 Å². The summed E-state index contributed by atoms with van der Waals surface area (Å²) >= 11 is 0. The summed E-state index contributed by atoms with van der Waals surface area (Å²) in [7, 11) is 1.38. The van der Waals surface area contributed by atoms with E-state index in [1.54, 1.807) is 0 Å². The molecule has 0 saturated heterocycles. The van der Waals surface area contributed by atoms with Crippen molar-refractivity contribution in [3.63, 3.8) is 0 Å². The van der Waals surface area contributed by atoms with Gasteiger partial charge in [-0.1, -0.05) is 6.07 Å². The van der Waals surface area contributed by atoms with Crippen LogP contribution >= 0.6 is 0 Å². The number of methoxy groups -OCH3 is 1. The second-order valence-corrected chi connectivity index (χ2v) is 4.88. The molecule has 0 saturated carbocycles. The maximum absolute atomic E-state index is 12.4. The van der Waals surface area contributed by atoms with Gasteiger partial charge in [0.25, 0.3) is 11.6 Å². The third-order valence-corrected chi connectivity index (χ3v) is 3.44. The minimum atomic E-state index is -1.15. The van der Waals surface area contributed by atoms with Crippen molar-refractivity contribution in [2.45, 2.75) is 6.92 Å². The zero-order chi connectivity index (χ0) is 17.9. The molecule has 2 N–H and O–H groups in total. The lowest BCUT2D eigenvalue weighted by Gasteiger charge is -2.12. The summed E-state index contributed by atoms with van der Waals surface area (Å²) in [5.74, 6) is -1.48. The highest BCUT2D eigenvalue weighted by Crippen LogP contribution is 2.27. The van der Waals surface area contributed by atoms with E-state index >= 15 is 0 Å². The molecule has 8 nitrogen and oxygen atoms in total. The molecule has 0 unspecified atom stereocenters. The predicted molar refractivity (Wildman–Crippen MR) is 85.7 cm³/mol. The maximum Gasteiger partial charge on any atom is 0.335 e. The molecule has 8 heteroatoms. The quantitative estimate of drug-likeness (QED) is 0.642. The summed E-state index contributed by atoms with van der Waals surface area (Å²) in [6.45, 7) is 1.47. The number of carboxylic acids is 1. The normalized spacial score (nSPS) is 10.1. The lowest BCUT2D eigenvalue weighted by atomic mass is 10.1. The van der Waals surface area contributed by atoms with Gasteiger partial charge in [-0.2, -0.15) is 0 Å². The van der Waals surface area contributed by atoms with Crippen molar-refractivity contribution in [2.24, 2.45) is 0 Å². The number of nitro groups is 1. The fourth-order valence-electron chi connectivity index (χ4n) is 2.20. The number of benzene rings is 2. The molecule has 2 rings (SSSR count). The first-order chi connectivity index (χ1) is 11.3. The van der Waals surface area contributed by atoms with E-state index in [4.69, 9.17) is 9.84 Å². The van der Waals surface area contributed by atoms with E-state index < -0.39 is 16.8 Å². The van der Waals surface area contributed by atoms with Gasteiger partial charge in [0.15, 0.2) is 0 Å². The highest BCUT2D eigenvalue weighted by atomic mass is 16.6. The second-order valence-electron chi connectivity index (χ2n) is 4.88. The van der Waals surface area contributed by atoms with Gasteiger partial charge in [-0.15, -0.1) is 0 Å². The number of carbonyl (C=O) groups is 2. The summed E-state index contributed by atoms with van der Waals surface area (Å²) < 4.78 is 5.09. The number of rotatable bonds is 5. The molecule has 0 fully saturated rings. The Hall–Kier alpha value is -3.42. The van der Waals surface area contributed by atoms with Crippen molar-refractivity contribution in [1.29, 1.82) is 0 Å². The Kier molecular flexibility index (Phi) is 4.78. The molecular formula is C16H14N2O6. The molecule has 24 heavy (non-hydrogen) atoms. The third-order valence-electron chi connectivity index (χ3n) is 3.44. The minimum Gasteiger partial charge on any atom is -0.495 e. The minimum absolute atomic E-state index is 0.0261. The Morgan fingerprint density at radius 3 is 2.54 bits per heavy atom. The van der Waals surface area contributed by atoms with Gasteiger partial charge < -0.3 is 15.2 Å². The van der Waals surface area contributed by atoms with Crippen molar-refractivity contribution in [3.05, 3.63) is 63.2 Å². The van der Waals surface area contributed by atoms with Gasteiger partial charge >= 0.3 is 5.97 Å². The van der Waals surface area contributed by atoms with Gasteiger partial charge in [0.1, 0.15) is 5.75 Å². The molecule has 124 valence electrons. The molecule has 0 aliphatic heterocycles. The van der Waals surface area contributed by atoms with E-state index in [1.807, 2.05) is 0 Å². The SMILES string of the molecule is COc1ccc(C(=O)O)cc1NC(=O)c1cccc([N+](=O)[O-])c1C. The van der Waals surface area contributed by atoms with Gasteiger partial charge in [-0.05, 0) is 31.2 Å². The number of carboxylic acid groups (broad SMARTS) is 1. The molecule has 0 atom stereocenters. The Morgan fingerprint density at radius 2 is 1.96 bits per heavy atom. The second kappa shape index (κ2) is 6.78. The maximum atomic E-state index is 12.4. The lowest BCUT2D eigenvalue weighted by molar-refractivity contribution is -0.385. The van der Waals surface area contributed by atoms with Crippen LogP contribution in [0.4, 0.5) is 11.4 Å². The van der Waals surface area contributed by atoms with Crippen molar-refractivity contribution < 1.29 is 24.4 Å². The van der Waals surface area contributed by atoms with Gasteiger partial charge in [-0.25, -0.2) is 4.79 Å².